The molecule has 0 saturated heterocycles. The molecule has 1 N–H and O–H groups in total. The van der Waals surface area contributed by atoms with Crippen LogP contribution in [0.5, 0.6) is 11.5 Å². The van der Waals surface area contributed by atoms with Crippen molar-refractivity contribution in [2.24, 2.45) is 0 Å². The molecule has 0 saturated carbocycles. The zero-order chi connectivity index (χ0) is 16.2. The number of benzene rings is 2. The topological polar surface area (TPSA) is 73.9 Å². The third kappa shape index (κ3) is 3.62. The largest absolute Gasteiger partial charge is 0.454 e. The molecule has 118 valence electrons. The first-order chi connectivity index (χ1) is 11.1. The lowest BCUT2D eigenvalue weighted by atomic mass is 10.2. The summed E-state index contributed by atoms with van der Waals surface area (Å²) in [5.74, 6) is 0.180. The first-order valence-electron chi connectivity index (χ1n) is 6.74. The van der Waals surface area contributed by atoms with Crippen LogP contribution in [0.3, 0.4) is 0 Å². The predicted octanol–water partition coefficient (Wildman–Crippen LogP) is 2.97. The van der Waals surface area contributed by atoms with Crippen molar-refractivity contribution in [2.75, 3.05) is 18.7 Å². The number of esters is 1. The lowest BCUT2D eigenvalue weighted by Gasteiger charge is -2.08. The standard InChI is InChI=1S/C16H12BrNO5/c17-12-4-2-1-3-11(12)16(20)21-8-15(19)18-10-5-6-13-14(7-10)23-9-22-13/h1-7H,8-9H2,(H,18,19). The van der Waals surface area contributed by atoms with Gasteiger partial charge in [-0.25, -0.2) is 4.79 Å². The smallest absolute Gasteiger partial charge is 0.339 e. The number of anilines is 1. The number of nitrogens with one attached hydrogen (secondary N) is 1. The molecule has 1 amide bonds. The van der Waals surface area contributed by atoms with Gasteiger partial charge in [-0.1, -0.05) is 12.1 Å². The van der Waals surface area contributed by atoms with Crippen LogP contribution in [0.4, 0.5) is 5.69 Å². The number of rotatable bonds is 4. The highest BCUT2D eigenvalue weighted by atomic mass is 79.9. The molecule has 0 atom stereocenters. The fourth-order valence-corrected chi connectivity index (χ4v) is 2.45. The van der Waals surface area contributed by atoms with Crippen molar-refractivity contribution in [1.29, 1.82) is 0 Å². The highest BCUT2D eigenvalue weighted by Crippen LogP contribution is 2.34. The van der Waals surface area contributed by atoms with E-state index in [1.807, 2.05) is 0 Å². The molecular weight excluding hydrogens is 366 g/mol. The van der Waals surface area contributed by atoms with Gasteiger partial charge in [-0.15, -0.1) is 0 Å². The van der Waals surface area contributed by atoms with Crippen molar-refractivity contribution in [2.45, 2.75) is 0 Å². The Balaban J connectivity index is 1.56. The van der Waals surface area contributed by atoms with Crippen molar-refractivity contribution in [1.82, 2.24) is 0 Å². The van der Waals surface area contributed by atoms with E-state index in [0.29, 0.717) is 27.2 Å². The highest BCUT2D eigenvalue weighted by molar-refractivity contribution is 9.10. The summed E-state index contributed by atoms with van der Waals surface area (Å²) in [6.45, 7) is -0.217. The lowest BCUT2D eigenvalue weighted by Crippen LogP contribution is -2.21. The third-order valence-electron chi connectivity index (χ3n) is 3.08. The maximum absolute atomic E-state index is 11.9. The van der Waals surface area contributed by atoms with E-state index in [1.54, 1.807) is 42.5 Å². The molecule has 0 aliphatic carbocycles. The quantitative estimate of drug-likeness (QED) is 0.829. The minimum absolute atomic E-state index is 0.163. The normalized spacial score (nSPS) is 11.9. The zero-order valence-corrected chi connectivity index (χ0v) is 13.5. The fraction of sp³-hybridized carbons (Fsp3) is 0.125. The molecule has 0 aromatic heterocycles. The lowest BCUT2D eigenvalue weighted by molar-refractivity contribution is -0.119. The maximum atomic E-state index is 11.9. The Labute approximate surface area is 140 Å². The van der Waals surface area contributed by atoms with Gasteiger partial charge in [0.2, 0.25) is 6.79 Å². The maximum Gasteiger partial charge on any atom is 0.339 e. The molecule has 2 aromatic rings. The van der Waals surface area contributed by atoms with Crippen LogP contribution in [-0.4, -0.2) is 25.3 Å². The Hall–Kier alpha value is -2.54. The highest BCUT2D eigenvalue weighted by Gasteiger charge is 2.16. The minimum atomic E-state index is -0.571. The van der Waals surface area contributed by atoms with Crippen LogP contribution >= 0.6 is 15.9 Å². The predicted molar refractivity (Wildman–Crippen MR) is 85.6 cm³/mol. The molecule has 0 spiro atoms. The second kappa shape index (κ2) is 6.70. The average Bonchev–Trinajstić information content (AvgIpc) is 3.01. The second-order valence-corrected chi connectivity index (χ2v) is 5.53. The first kappa shape index (κ1) is 15.4. The van der Waals surface area contributed by atoms with E-state index >= 15 is 0 Å². The Morgan fingerprint density at radius 2 is 1.91 bits per heavy atom. The van der Waals surface area contributed by atoms with Crippen LogP contribution in [-0.2, 0) is 9.53 Å². The summed E-state index contributed by atoms with van der Waals surface area (Å²) in [6, 6.07) is 11.9. The van der Waals surface area contributed by atoms with Crippen molar-refractivity contribution in [3.05, 3.63) is 52.5 Å². The number of amides is 1. The van der Waals surface area contributed by atoms with Crippen molar-refractivity contribution >= 4 is 33.5 Å². The van der Waals surface area contributed by atoms with Gasteiger partial charge in [0.15, 0.2) is 18.1 Å². The number of fused-ring (bicyclic) bond motifs is 1. The number of hydrogen-bond donors (Lipinski definition) is 1. The summed E-state index contributed by atoms with van der Waals surface area (Å²) in [7, 11) is 0. The SMILES string of the molecule is O=C(COC(=O)c1ccccc1Br)Nc1ccc2c(c1)OCO2. The summed E-state index contributed by atoms with van der Waals surface area (Å²) >= 11 is 3.26. The summed E-state index contributed by atoms with van der Waals surface area (Å²) < 4.78 is 16.0. The van der Waals surface area contributed by atoms with E-state index in [-0.39, 0.29) is 13.4 Å². The summed E-state index contributed by atoms with van der Waals surface area (Å²) in [4.78, 5) is 23.8. The van der Waals surface area contributed by atoms with Gasteiger partial charge in [0, 0.05) is 16.2 Å². The van der Waals surface area contributed by atoms with Crippen molar-refractivity contribution in [3.63, 3.8) is 0 Å². The summed E-state index contributed by atoms with van der Waals surface area (Å²) in [5, 5.41) is 2.63. The fourth-order valence-electron chi connectivity index (χ4n) is 2.01. The molecule has 1 aliphatic rings. The van der Waals surface area contributed by atoms with Crippen LogP contribution < -0.4 is 14.8 Å². The van der Waals surface area contributed by atoms with Gasteiger partial charge >= 0.3 is 5.97 Å². The second-order valence-electron chi connectivity index (χ2n) is 4.67. The van der Waals surface area contributed by atoms with Crippen LogP contribution in [0.1, 0.15) is 10.4 Å². The van der Waals surface area contributed by atoms with Crippen LogP contribution in [0.15, 0.2) is 46.9 Å². The van der Waals surface area contributed by atoms with Gasteiger partial charge in [-0.2, -0.15) is 0 Å². The number of hydrogen-bond acceptors (Lipinski definition) is 5. The number of carbonyl (C=O) groups is 2. The van der Waals surface area contributed by atoms with Gasteiger partial charge in [0.1, 0.15) is 0 Å². The minimum Gasteiger partial charge on any atom is -0.454 e. The summed E-state index contributed by atoms with van der Waals surface area (Å²) in [5.41, 5.74) is 0.902. The molecule has 1 heterocycles. The van der Waals surface area contributed by atoms with E-state index in [9.17, 15) is 9.59 Å². The molecule has 2 aromatic carbocycles. The Kier molecular flexibility index (Phi) is 4.47. The molecule has 23 heavy (non-hydrogen) atoms. The van der Waals surface area contributed by atoms with Gasteiger partial charge in [0.05, 0.1) is 5.56 Å². The van der Waals surface area contributed by atoms with E-state index in [4.69, 9.17) is 14.2 Å². The third-order valence-corrected chi connectivity index (χ3v) is 3.78. The van der Waals surface area contributed by atoms with Gasteiger partial charge in [-0.3, -0.25) is 4.79 Å². The molecule has 7 heteroatoms. The van der Waals surface area contributed by atoms with E-state index in [2.05, 4.69) is 21.2 Å². The van der Waals surface area contributed by atoms with Crippen LogP contribution in [0.25, 0.3) is 0 Å². The van der Waals surface area contributed by atoms with E-state index < -0.39 is 11.9 Å². The molecule has 0 fully saturated rings. The molecule has 1 aliphatic heterocycles. The van der Waals surface area contributed by atoms with E-state index in [1.165, 1.54) is 0 Å². The first-order valence-corrected chi connectivity index (χ1v) is 7.54. The number of carbonyl (C=O) groups excluding carboxylic acids is 2. The Morgan fingerprint density at radius 1 is 1.13 bits per heavy atom. The molecule has 0 radical (unpaired) electrons. The zero-order valence-electron chi connectivity index (χ0n) is 11.9. The number of ether oxygens (including phenoxy) is 3. The molecule has 3 rings (SSSR count). The van der Waals surface area contributed by atoms with Gasteiger partial charge < -0.3 is 19.5 Å². The van der Waals surface area contributed by atoms with Gasteiger partial charge in [0.25, 0.3) is 5.91 Å². The molecule has 0 bridgehead atoms. The summed E-state index contributed by atoms with van der Waals surface area (Å²) in [6.07, 6.45) is 0. The van der Waals surface area contributed by atoms with Crippen LogP contribution in [0, 0.1) is 0 Å². The van der Waals surface area contributed by atoms with Crippen molar-refractivity contribution < 1.29 is 23.8 Å². The Bertz CT molecular complexity index is 762. The van der Waals surface area contributed by atoms with Crippen LogP contribution in [0.2, 0.25) is 0 Å². The Morgan fingerprint density at radius 3 is 2.74 bits per heavy atom. The number of halogens is 1. The van der Waals surface area contributed by atoms with Crippen molar-refractivity contribution in [3.8, 4) is 11.5 Å². The molecule has 6 nitrogen and oxygen atoms in total. The molecule has 0 unspecified atom stereocenters. The van der Waals surface area contributed by atoms with Gasteiger partial charge in [-0.05, 0) is 40.2 Å². The monoisotopic (exact) mass is 377 g/mol. The average molecular weight is 378 g/mol. The van der Waals surface area contributed by atoms with E-state index in [0.717, 1.165) is 0 Å². The molecular formula is C16H12BrNO5.